The van der Waals surface area contributed by atoms with Crippen molar-refractivity contribution >= 4 is 26.9 Å². The molecule has 0 aliphatic heterocycles. The van der Waals surface area contributed by atoms with E-state index in [1.807, 2.05) is 6.92 Å². The van der Waals surface area contributed by atoms with E-state index in [1.165, 1.54) is 6.26 Å². The molecule has 0 spiro atoms. The van der Waals surface area contributed by atoms with Crippen molar-refractivity contribution in [2.24, 2.45) is 0 Å². The van der Waals surface area contributed by atoms with Gasteiger partial charge in [0.25, 0.3) is 0 Å². The molecule has 1 unspecified atom stereocenters. The van der Waals surface area contributed by atoms with Crippen LogP contribution in [0.2, 0.25) is 0 Å². The van der Waals surface area contributed by atoms with E-state index in [-0.39, 0.29) is 0 Å². The smallest absolute Gasteiger partial charge is 0.0761 e. The standard InChI is InChI=1S/C7H14N2OS2/c1-6(4-9-7(2)11)5-12(3,8)10/h4,8H,5H2,1-3H3,(H,9,11)/b6-4+. The van der Waals surface area contributed by atoms with E-state index >= 15 is 0 Å². The summed E-state index contributed by atoms with van der Waals surface area (Å²) in [6.07, 6.45) is 3.12. The van der Waals surface area contributed by atoms with Crippen LogP contribution < -0.4 is 5.32 Å². The molecule has 0 radical (unpaired) electrons. The second-order valence-corrected chi connectivity index (χ2v) is 5.75. The summed E-state index contributed by atoms with van der Waals surface area (Å²) in [6.45, 7) is 3.59. The van der Waals surface area contributed by atoms with Crippen molar-refractivity contribution in [3.63, 3.8) is 0 Å². The maximum absolute atomic E-state index is 11.0. The largest absolute Gasteiger partial charge is 0.357 e. The molecule has 0 bridgehead atoms. The zero-order valence-corrected chi connectivity index (χ0v) is 9.14. The van der Waals surface area contributed by atoms with Gasteiger partial charge in [0.2, 0.25) is 0 Å². The van der Waals surface area contributed by atoms with Gasteiger partial charge in [-0.15, -0.1) is 0 Å². The Morgan fingerprint density at radius 3 is 2.50 bits per heavy atom. The van der Waals surface area contributed by atoms with Crippen LogP contribution in [0.3, 0.4) is 0 Å². The van der Waals surface area contributed by atoms with Crippen LogP contribution in [-0.4, -0.2) is 21.2 Å². The monoisotopic (exact) mass is 206 g/mol. The van der Waals surface area contributed by atoms with Gasteiger partial charge in [-0.2, -0.15) is 0 Å². The summed E-state index contributed by atoms with van der Waals surface area (Å²) < 4.78 is 18.2. The fraction of sp³-hybridized carbons (Fsp3) is 0.571. The van der Waals surface area contributed by atoms with Crippen molar-refractivity contribution in [2.75, 3.05) is 12.0 Å². The summed E-state index contributed by atoms with van der Waals surface area (Å²) in [5.41, 5.74) is 0.877. The van der Waals surface area contributed by atoms with E-state index in [0.717, 1.165) is 5.57 Å². The van der Waals surface area contributed by atoms with Gasteiger partial charge >= 0.3 is 0 Å². The Hall–Kier alpha value is -0.420. The molecule has 0 aliphatic rings. The number of hydrogen-bond donors (Lipinski definition) is 2. The number of rotatable bonds is 3. The third-order valence-electron chi connectivity index (χ3n) is 1.02. The highest BCUT2D eigenvalue weighted by Gasteiger charge is 1.98. The number of nitrogens with one attached hydrogen (secondary N) is 2. The van der Waals surface area contributed by atoms with Gasteiger partial charge in [0.1, 0.15) is 0 Å². The van der Waals surface area contributed by atoms with Gasteiger partial charge in [-0.1, -0.05) is 12.2 Å². The van der Waals surface area contributed by atoms with Crippen LogP contribution in [0.15, 0.2) is 11.8 Å². The average Bonchev–Trinajstić information content (AvgIpc) is 1.79. The zero-order chi connectivity index (χ0) is 9.78. The van der Waals surface area contributed by atoms with Crippen LogP contribution in [0.4, 0.5) is 0 Å². The van der Waals surface area contributed by atoms with Gasteiger partial charge in [0.15, 0.2) is 0 Å². The van der Waals surface area contributed by atoms with E-state index in [2.05, 4.69) is 5.32 Å². The summed E-state index contributed by atoms with van der Waals surface area (Å²) in [5.74, 6) is 0.294. The SMILES string of the molecule is CC(=S)N/C=C(\C)CS(C)(=N)=O. The van der Waals surface area contributed by atoms with Gasteiger partial charge in [-0.25, -0.2) is 4.21 Å². The van der Waals surface area contributed by atoms with Crippen LogP contribution >= 0.6 is 12.2 Å². The fourth-order valence-electron chi connectivity index (χ4n) is 0.701. The van der Waals surface area contributed by atoms with Gasteiger partial charge in [0, 0.05) is 22.2 Å². The first-order chi connectivity index (χ1) is 5.31. The lowest BCUT2D eigenvalue weighted by atomic mass is 10.4. The summed E-state index contributed by atoms with van der Waals surface area (Å²) in [7, 11) is -2.42. The van der Waals surface area contributed by atoms with Crippen molar-refractivity contribution in [3.05, 3.63) is 11.8 Å². The van der Waals surface area contributed by atoms with Crippen LogP contribution in [0.25, 0.3) is 0 Å². The Balaban J connectivity index is 4.13. The van der Waals surface area contributed by atoms with Gasteiger partial charge in [-0.05, 0) is 19.4 Å². The third-order valence-corrected chi connectivity index (χ3v) is 2.15. The minimum Gasteiger partial charge on any atom is -0.357 e. The lowest BCUT2D eigenvalue weighted by Crippen LogP contribution is -2.12. The van der Waals surface area contributed by atoms with Crippen molar-refractivity contribution in [1.29, 1.82) is 4.78 Å². The molecule has 0 saturated carbocycles. The number of thiocarbonyl (C=S) groups is 1. The average molecular weight is 206 g/mol. The summed E-state index contributed by atoms with van der Waals surface area (Å²) in [4.78, 5) is 0.668. The first-order valence-electron chi connectivity index (χ1n) is 3.45. The molecule has 0 saturated heterocycles. The molecule has 0 aromatic rings. The van der Waals surface area contributed by atoms with Gasteiger partial charge in [0.05, 0.1) is 10.7 Å². The van der Waals surface area contributed by atoms with E-state index in [4.69, 9.17) is 17.0 Å². The molecule has 1 atom stereocenters. The summed E-state index contributed by atoms with van der Waals surface area (Å²) in [6, 6.07) is 0. The highest BCUT2D eigenvalue weighted by molar-refractivity contribution is 7.91. The number of hydrogen-bond acceptors (Lipinski definition) is 3. The van der Waals surface area contributed by atoms with Crippen LogP contribution in [0, 0.1) is 4.78 Å². The maximum atomic E-state index is 11.0. The van der Waals surface area contributed by atoms with E-state index in [1.54, 1.807) is 13.1 Å². The van der Waals surface area contributed by atoms with Crippen molar-refractivity contribution < 1.29 is 4.21 Å². The quantitative estimate of drug-likeness (QED) is 0.688. The summed E-state index contributed by atoms with van der Waals surface area (Å²) >= 11 is 4.78. The molecule has 12 heavy (non-hydrogen) atoms. The molecule has 0 heterocycles. The van der Waals surface area contributed by atoms with Gasteiger partial charge in [-0.3, -0.25) is 4.78 Å². The Bertz CT molecular complexity index is 291. The van der Waals surface area contributed by atoms with Gasteiger partial charge < -0.3 is 5.32 Å². The second-order valence-electron chi connectivity index (χ2n) is 2.84. The molecule has 5 heteroatoms. The molecule has 0 aromatic carbocycles. The predicted molar refractivity (Wildman–Crippen MR) is 56.8 cm³/mol. The topological polar surface area (TPSA) is 53.0 Å². The van der Waals surface area contributed by atoms with Crippen LogP contribution in [-0.2, 0) is 9.73 Å². The Kier molecular flexibility index (Phi) is 4.41. The minimum atomic E-state index is -2.42. The first-order valence-corrected chi connectivity index (χ1v) is 6.00. The van der Waals surface area contributed by atoms with Crippen molar-refractivity contribution in [2.45, 2.75) is 13.8 Å². The lowest BCUT2D eigenvalue weighted by molar-refractivity contribution is 0.680. The van der Waals surface area contributed by atoms with Crippen molar-refractivity contribution in [1.82, 2.24) is 5.32 Å². The van der Waals surface area contributed by atoms with Crippen molar-refractivity contribution in [3.8, 4) is 0 Å². The molecule has 2 N–H and O–H groups in total. The molecule has 3 nitrogen and oxygen atoms in total. The first kappa shape index (κ1) is 11.6. The van der Waals surface area contributed by atoms with Crippen LogP contribution in [0.5, 0.6) is 0 Å². The van der Waals surface area contributed by atoms with E-state index in [0.29, 0.717) is 10.7 Å². The predicted octanol–water partition coefficient (Wildman–Crippen LogP) is 1.50. The van der Waals surface area contributed by atoms with Crippen LogP contribution in [0.1, 0.15) is 13.8 Å². The normalized spacial score (nSPS) is 16.8. The highest BCUT2D eigenvalue weighted by Crippen LogP contribution is 1.96. The Labute approximate surface area is 79.2 Å². The lowest BCUT2D eigenvalue weighted by Gasteiger charge is -2.02. The molecule has 70 valence electrons. The minimum absolute atomic E-state index is 0.294. The molecule has 0 aliphatic carbocycles. The Morgan fingerprint density at radius 1 is 1.67 bits per heavy atom. The third kappa shape index (κ3) is 7.68. The molecular weight excluding hydrogens is 192 g/mol. The second kappa shape index (κ2) is 4.57. The molecule has 0 rings (SSSR count). The summed E-state index contributed by atoms with van der Waals surface area (Å²) in [5, 5.41) is 2.83. The molecule has 0 fully saturated rings. The molecule has 0 aromatic heterocycles. The maximum Gasteiger partial charge on any atom is 0.0761 e. The van der Waals surface area contributed by atoms with E-state index in [9.17, 15) is 4.21 Å². The highest BCUT2D eigenvalue weighted by atomic mass is 32.2. The molecule has 0 amide bonds. The van der Waals surface area contributed by atoms with E-state index < -0.39 is 9.73 Å². The molecular formula is C7H14N2OS2. The Morgan fingerprint density at radius 2 is 2.17 bits per heavy atom. The fourth-order valence-corrected chi connectivity index (χ4v) is 1.71. The zero-order valence-electron chi connectivity index (χ0n) is 7.51.